The van der Waals surface area contributed by atoms with Gasteiger partial charge >= 0.3 is 0 Å². The molecule has 1 aliphatic rings. The Morgan fingerprint density at radius 3 is 2.86 bits per heavy atom. The number of thioether (sulfide) groups is 1. The zero-order valence-corrected chi connectivity index (χ0v) is 14.6. The van der Waals surface area contributed by atoms with E-state index in [9.17, 15) is 0 Å². The second-order valence-electron chi connectivity index (χ2n) is 5.45. The molecule has 0 saturated heterocycles. The number of hydrogen-bond acceptors (Lipinski definition) is 2. The molecule has 110 valence electrons. The monoisotopic (exact) mass is 361 g/mol. The molecule has 0 spiro atoms. The Hall–Kier alpha value is -0.770. The van der Waals surface area contributed by atoms with Gasteiger partial charge in [-0.3, -0.25) is 0 Å². The molecule has 0 saturated carbocycles. The molecule has 1 nitrogen and oxygen atoms in total. The summed E-state index contributed by atoms with van der Waals surface area (Å²) in [7, 11) is 0. The molecular weight excluding hydrogens is 342 g/mol. The van der Waals surface area contributed by atoms with Crippen LogP contribution in [-0.2, 0) is 6.42 Å². The molecule has 2 unspecified atom stereocenters. The quantitative estimate of drug-likeness (QED) is 0.784. The highest BCUT2D eigenvalue weighted by Crippen LogP contribution is 2.41. The maximum Gasteiger partial charge on any atom is 0.0450 e. The lowest BCUT2D eigenvalue weighted by atomic mass is 10.1. The van der Waals surface area contributed by atoms with Gasteiger partial charge in [-0.1, -0.05) is 53.2 Å². The Morgan fingerprint density at radius 1 is 1.19 bits per heavy atom. The number of halogens is 1. The molecule has 0 heterocycles. The summed E-state index contributed by atoms with van der Waals surface area (Å²) in [5, 5.41) is 4.31. The Labute approximate surface area is 139 Å². The summed E-state index contributed by atoms with van der Waals surface area (Å²) < 4.78 is 1.15. The van der Waals surface area contributed by atoms with E-state index < -0.39 is 0 Å². The van der Waals surface area contributed by atoms with Gasteiger partial charge in [0.15, 0.2) is 0 Å². The number of hydrogen-bond donors (Lipinski definition) is 1. The van der Waals surface area contributed by atoms with Crippen LogP contribution in [0.5, 0.6) is 0 Å². The average molecular weight is 362 g/mol. The standard InChI is InChI=1S/C18H20BrNS/c1-2-10-20-18-16-9-4-3-6-13(16)11-17(18)21-15-8-5-7-14(19)12-15/h3-9,12,17-18,20H,2,10-11H2,1H3. The third-order valence-electron chi connectivity index (χ3n) is 3.88. The highest BCUT2D eigenvalue weighted by Gasteiger charge is 2.32. The lowest BCUT2D eigenvalue weighted by Crippen LogP contribution is -2.27. The SMILES string of the molecule is CCCNC1c2ccccc2CC1Sc1cccc(Br)c1. The van der Waals surface area contributed by atoms with E-state index in [-0.39, 0.29) is 0 Å². The van der Waals surface area contributed by atoms with Crippen molar-refractivity contribution in [2.24, 2.45) is 0 Å². The fourth-order valence-corrected chi connectivity index (χ4v) is 4.82. The van der Waals surface area contributed by atoms with Gasteiger partial charge in [-0.15, -0.1) is 11.8 Å². The maximum atomic E-state index is 3.74. The molecule has 0 aliphatic heterocycles. The maximum absolute atomic E-state index is 3.74. The van der Waals surface area contributed by atoms with Crippen LogP contribution in [-0.4, -0.2) is 11.8 Å². The summed E-state index contributed by atoms with van der Waals surface area (Å²) in [5.41, 5.74) is 2.98. The van der Waals surface area contributed by atoms with Gasteiger partial charge in [0.1, 0.15) is 0 Å². The van der Waals surface area contributed by atoms with Gasteiger partial charge < -0.3 is 5.32 Å². The largest absolute Gasteiger partial charge is 0.309 e. The smallest absolute Gasteiger partial charge is 0.0450 e. The number of nitrogens with one attached hydrogen (secondary N) is 1. The van der Waals surface area contributed by atoms with Crippen molar-refractivity contribution in [2.45, 2.75) is 36.0 Å². The Morgan fingerprint density at radius 2 is 2.05 bits per heavy atom. The van der Waals surface area contributed by atoms with Gasteiger partial charge in [-0.25, -0.2) is 0 Å². The summed E-state index contributed by atoms with van der Waals surface area (Å²) in [6, 6.07) is 17.9. The van der Waals surface area contributed by atoms with E-state index in [4.69, 9.17) is 0 Å². The predicted octanol–water partition coefficient (Wildman–Crippen LogP) is 5.21. The minimum Gasteiger partial charge on any atom is -0.309 e. The molecular formula is C18H20BrNS. The van der Waals surface area contributed by atoms with Crippen LogP contribution in [0.4, 0.5) is 0 Å². The highest BCUT2D eigenvalue weighted by molar-refractivity contribution is 9.10. The Balaban J connectivity index is 1.81. The van der Waals surface area contributed by atoms with Crippen LogP contribution in [0.3, 0.4) is 0 Å². The van der Waals surface area contributed by atoms with E-state index in [2.05, 4.69) is 76.7 Å². The van der Waals surface area contributed by atoms with Gasteiger partial charge in [0.2, 0.25) is 0 Å². The van der Waals surface area contributed by atoms with Crippen LogP contribution < -0.4 is 5.32 Å². The third-order valence-corrected chi connectivity index (χ3v) is 5.64. The van der Waals surface area contributed by atoms with Gasteiger partial charge in [-0.2, -0.15) is 0 Å². The first-order chi connectivity index (χ1) is 10.3. The lowest BCUT2D eigenvalue weighted by molar-refractivity contribution is 0.539. The van der Waals surface area contributed by atoms with Crippen LogP contribution in [0.2, 0.25) is 0 Å². The number of benzene rings is 2. The predicted molar refractivity (Wildman–Crippen MR) is 95.0 cm³/mol. The Kier molecular flexibility index (Phi) is 5.04. The first kappa shape index (κ1) is 15.1. The normalized spacial score (nSPS) is 20.5. The second-order valence-corrected chi connectivity index (χ2v) is 7.68. The minimum absolute atomic E-state index is 0.463. The van der Waals surface area contributed by atoms with Gasteiger partial charge in [-0.05, 0) is 48.7 Å². The molecule has 21 heavy (non-hydrogen) atoms. The van der Waals surface area contributed by atoms with Crippen molar-refractivity contribution in [1.29, 1.82) is 0 Å². The van der Waals surface area contributed by atoms with Crippen molar-refractivity contribution in [3.63, 3.8) is 0 Å². The van der Waals surface area contributed by atoms with Crippen LogP contribution in [0, 0.1) is 0 Å². The van der Waals surface area contributed by atoms with Crippen molar-refractivity contribution < 1.29 is 0 Å². The molecule has 2 aromatic carbocycles. The van der Waals surface area contributed by atoms with E-state index in [0.29, 0.717) is 11.3 Å². The van der Waals surface area contributed by atoms with Crippen LogP contribution in [0.1, 0.15) is 30.5 Å². The van der Waals surface area contributed by atoms with Crippen LogP contribution >= 0.6 is 27.7 Å². The zero-order chi connectivity index (χ0) is 14.7. The molecule has 0 amide bonds. The summed E-state index contributed by atoms with van der Waals surface area (Å²) in [4.78, 5) is 1.34. The number of rotatable bonds is 5. The molecule has 1 N–H and O–H groups in total. The molecule has 3 heteroatoms. The lowest BCUT2D eigenvalue weighted by Gasteiger charge is -2.21. The van der Waals surface area contributed by atoms with Crippen LogP contribution in [0.15, 0.2) is 57.9 Å². The molecule has 0 radical (unpaired) electrons. The second kappa shape index (κ2) is 6.99. The van der Waals surface area contributed by atoms with Gasteiger partial charge in [0.25, 0.3) is 0 Å². The van der Waals surface area contributed by atoms with E-state index in [1.165, 1.54) is 22.4 Å². The van der Waals surface area contributed by atoms with Crippen molar-refractivity contribution in [3.05, 3.63) is 64.1 Å². The average Bonchev–Trinajstić information content (AvgIpc) is 2.82. The van der Waals surface area contributed by atoms with E-state index in [1.54, 1.807) is 0 Å². The van der Waals surface area contributed by atoms with Crippen molar-refractivity contribution >= 4 is 27.7 Å². The highest BCUT2D eigenvalue weighted by atomic mass is 79.9. The molecule has 0 fully saturated rings. The van der Waals surface area contributed by atoms with Crippen molar-refractivity contribution in [2.75, 3.05) is 6.54 Å². The summed E-state index contributed by atoms with van der Waals surface area (Å²) >= 11 is 5.56. The molecule has 3 rings (SSSR count). The van der Waals surface area contributed by atoms with Gasteiger partial charge in [0, 0.05) is 20.7 Å². The van der Waals surface area contributed by atoms with Crippen LogP contribution in [0.25, 0.3) is 0 Å². The first-order valence-electron chi connectivity index (χ1n) is 7.51. The summed E-state index contributed by atoms with van der Waals surface area (Å²) in [5.74, 6) is 0. The molecule has 2 aromatic rings. The summed E-state index contributed by atoms with van der Waals surface area (Å²) in [6.45, 7) is 3.30. The Bertz CT molecular complexity index is 614. The molecule has 0 aromatic heterocycles. The fourth-order valence-electron chi connectivity index (χ4n) is 2.92. The molecule has 0 bridgehead atoms. The fraction of sp³-hybridized carbons (Fsp3) is 0.333. The topological polar surface area (TPSA) is 12.0 Å². The van der Waals surface area contributed by atoms with Gasteiger partial charge in [0.05, 0.1) is 0 Å². The van der Waals surface area contributed by atoms with E-state index in [0.717, 1.165) is 17.4 Å². The first-order valence-corrected chi connectivity index (χ1v) is 9.18. The summed E-state index contributed by atoms with van der Waals surface area (Å²) in [6.07, 6.45) is 2.32. The van der Waals surface area contributed by atoms with Crippen molar-refractivity contribution in [1.82, 2.24) is 5.32 Å². The zero-order valence-electron chi connectivity index (χ0n) is 12.2. The van der Waals surface area contributed by atoms with E-state index in [1.807, 2.05) is 11.8 Å². The van der Waals surface area contributed by atoms with E-state index >= 15 is 0 Å². The number of fused-ring (bicyclic) bond motifs is 1. The minimum atomic E-state index is 0.463. The van der Waals surface area contributed by atoms with Crippen molar-refractivity contribution in [3.8, 4) is 0 Å². The molecule has 1 aliphatic carbocycles. The third kappa shape index (κ3) is 3.53. The molecule has 2 atom stereocenters.